The Hall–Kier alpha value is -1.93. The average Bonchev–Trinajstić information content (AvgIpc) is 2.46. The van der Waals surface area contributed by atoms with E-state index in [1.807, 2.05) is 32.9 Å². The third kappa shape index (κ3) is 4.04. The lowest BCUT2D eigenvalue weighted by Crippen LogP contribution is -2.44. The molecule has 0 aliphatic heterocycles. The van der Waals surface area contributed by atoms with Crippen molar-refractivity contribution in [3.8, 4) is 6.07 Å². The van der Waals surface area contributed by atoms with E-state index in [1.165, 1.54) is 0 Å². The average molecular weight is 260 g/mol. The lowest BCUT2D eigenvalue weighted by molar-refractivity contribution is -0.132. The third-order valence-electron chi connectivity index (χ3n) is 3.04. The summed E-state index contributed by atoms with van der Waals surface area (Å²) < 4.78 is 0. The van der Waals surface area contributed by atoms with Crippen molar-refractivity contribution in [2.75, 3.05) is 13.1 Å². The van der Waals surface area contributed by atoms with Gasteiger partial charge in [0.05, 0.1) is 6.04 Å². The largest absolute Gasteiger partial charge is 0.342 e. The van der Waals surface area contributed by atoms with Gasteiger partial charge in [0.15, 0.2) is 0 Å². The second-order valence-corrected chi connectivity index (χ2v) is 4.24. The van der Waals surface area contributed by atoms with Crippen LogP contribution in [0.15, 0.2) is 18.3 Å². The lowest BCUT2D eigenvalue weighted by atomic mass is 10.2. The number of amides is 1. The number of likely N-dealkylation sites (N-methyl/N-ethyl adjacent to an activating group) is 1. The van der Waals surface area contributed by atoms with Gasteiger partial charge in [0, 0.05) is 31.4 Å². The zero-order valence-corrected chi connectivity index (χ0v) is 11.7. The molecular formula is C14H20N4O. The van der Waals surface area contributed by atoms with Gasteiger partial charge in [-0.2, -0.15) is 5.26 Å². The predicted molar refractivity (Wildman–Crippen MR) is 73.2 cm³/mol. The zero-order chi connectivity index (χ0) is 14.3. The van der Waals surface area contributed by atoms with Gasteiger partial charge < -0.3 is 10.2 Å². The molecule has 1 rings (SSSR count). The van der Waals surface area contributed by atoms with E-state index in [-0.39, 0.29) is 11.9 Å². The highest BCUT2D eigenvalue weighted by molar-refractivity contribution is 5.81. The first-order valence-electron chi connectivity index (χ1n) is 6.50. The Labute approximate surface area is 114 Å². The van der Waals surface area contributed by atoms with Crippen LogP contribution in [-0.2, 0) is 11.3 Å². The van der Waals surface area contributed by atoms with Gasteiger partial charge in [0.2, 0.25) is 5.91 Å². The van der Waals surface area contributed by atoms with Crippen molar-refractivity contribution in [2.45, 2.75) is 33.4 Å². The Balaban J connectivity index is 2.62. The molecule has 0 bridgehead atoms. The van der Waals surface area contributed by atoms with Gasteiger partial charge in [-0.3, -0.25) is 4.79 Å². The first kappa shape index (κ1) is 15.1. The van der Waals surface area contributed by atoms with E-state index in [1.54, 1.807) is 17.2 Å². The Kier molecular flexibility index (Phi) is 5.97. The number of hydrogen-bond donors (Lipinski definition) is 1. The van der Waals surface area contributed by atoms with Gasteiger partial charge in [-0.15, -0.1) is 0 Å². The van der Waals surface area contributed by atoms with Crippen LogP contribution in [0.3, 0.4) is 0 Å². The Morgan fingerprint density at radius 2 is 2.21 bits per heavy atom. The van der Waals surface area contributed by atoms with Crippen molar-refractivity contribution in [3.05, 3.63) is 29.6 Å². The first-order valence-corrected chi connectivity index (χ1v) is 6.50. The molecule has 0 fully saturated rings. The van der Waals surface area contributed by atoms with Crippen LogP contribution in [-0.4, -0.2) is 34.9 Å². The maximum Gasteiger partial charge on any atom is 0.239 e. The predicted octanol–water partition coefficient (Wildman–Crippen LogP) is 1.30. The summed E-state index contributed by atoms with van der Waals surface area (Å²) >= 11 is 0. The molecule has 1 aromatic heterocycles. The molecule has 0 spiro atoms. The van der Waals surface area contributed by atoms with Crippen molar-refractivity contribution in [3.63, 3.8) is 0 Å². The molecular weight excluding hydrogens is 240 g/mol. The number of hydrogen-bond acceptors (Lipinski definition) is 4. The third-order valence-corrected chi connectivity index (χ3v) is 3.04. The molecule has 5 nitrogen and oxygen atoms in total. The fraction of sp³-hybridized carbons (Fsp3) is 0.500. The van der Waals surface area contributed by atoms with Crippen molar-refractivity contribution < 1.29 is 4.79 Å². The minimum Gasteiger partial charge on any atom is -0.342 e. The van der Waals surface area contributed by atoms with Gasteiger partial charge in [-0.25, -0.2) is 4.98 Å². The SMILES string of the molecule is CCN(CC)C(=O)C(C)NCc1cccnc1C#N. The second-order valence-electron chi connectivity index (χ2n) is 4.24. The number of carbonyl (C=O) groups excluding carboxylic acids is 1. The molecule has 0 radical (unpaired) electrons. The van der Waals surface area contributed by atoms with Crippen LogP contribution in [0.25, 0.3) is 0 Å². The number of nitrogens with one attached hydrogen (secondary N) is 1. The summed E-state index contributed by atoms with van der Waals surface area (Å²) in [4.78, 5) is 17.8. The molecule has 0 saturated heterocycles. The van der Waals surface area contributed by atoms with Crippen LogP contribution in [0.4, 0.5) is 0 Å². The van der Waals surface area contributed by atoms with Crippen LogP contribution < -0.4 is 5.32 Å². The maximum atomic E-state index is 12.1. The normalized spacial score (nSPS) is 11.7. The van der Waals surface area contributed by atoms with Crippen LogP contribution in [0, 0.1) is 11.3 Å². The van der Waals surface area contributed by atoms with Crippen LogP contribution >= 0.6 is 0 Å². The fourth-order valence-electron chi connectivity index (χ4n) is 1.84. The van der Waals surface area contributed by atoms with E-state index in [4.69, 9.17) is 5.26 Å². The summed E-state index contributed by atoms with van der Waals surface area (Å²) in [7, 11) is 0. The Bertz CT molecular complexity index is 463. The fourth-order valence-corrected chi connectivity index (χ4v) is 1.84. The molecule has 1 amide bonds. The Morgan fingerprint density at radius 1 is 1.53 bits per heavy atom. The lowest BCUT2D eigenvalue weighted by Gasteiger charge is -2.23. The standard InChI is InChI=1S/C14H20N4O/c1-4-18(5-2)14(19)11(3)17-10-12-7-6-8-16-13(12)9-15/h6-8,11,17H,4-5,10H2,1-3H3. The maximum absolute atomic E-state index is 12.1. The number of aromatic nitrogens is 1. The molecule has 19 heavy (non-hydrogen) atoms. The van der Waals surface area contributed by atoms with Gasteiger partial charge in [0.25, 0.3) is 0 Å². The summed E-state index contributed by atoms with van der Waals surface area (Å²) in [6, 6.07) is 5.40. The summed E-state index contributed by atoms with van der Waals surface area (Å²) in [5, 5.41) is 12.1. The summed E-state index contributed by atoms with van der Waals surface area (Å²) in [5.74, 6) is 0.0763. The number of pyridine rings is 1. The van der Waals surface area contributed by atoms with Crippen LogP contribution in [0.1, 0.15) is 32.0 Å². The Morgan fingerprint density at radius 3 is 2.79 bits per heavy atom. The quantitative estimate of drug-likeness (QED) is 0.837. The molecule has 0 aliphatic rings. The van der Waals surface area contributed by atoms with Crippen LogP contribution in [0.5, 0.6) is 0 Å². The van der Waals surface area contributed by atoms with Gasteiger partial charge >= 0.3 is 0 Å². The molecule has 1 heterocycles. The number of nitrogens with zero attached hydrogens (tertiary/aromatic N) is 3. The summed E-state index contributed by atoms with van der Waals surface area (Å²) in [6.45, 7) is 7.63. The van der Waals surface area contributed by atoms with Crippen molar-refractivity contribution in [2.24, 2.45) is 0 Å². The van der Waals surface area contributed by atoms with Crippen molar-refractivity contribution in [1.29, 1.82) is 5.26 Å². The van der Waals surface area contributed by atoms with Gasteiger partial charge in [0.1, 0.15) is 11.8 Å². The molecule has 0 saturated carbocycles. The van der Waals surface area contributed by atoms with E-state index in [9.17, 15) is 4.79 Å². The molecule has 1 aromatic rings. The van der Waals surface area contributed by atoms with E-state index in [2.05, 4.69) is 10.3 Å². The molecule has 1 unspecified atom stereocenters. The van der Waals surface area contributed by atoms with E-state index >= 15 is 0 Å². The van der Waals surface area contributed by atoms with E-state index < -0.39 is 0 Å². The zero-order valence-electron chi connectivity index (χ0n) is 11.7. The highest BCUT2D eigenvalue weighted by Crippen LogP contribution is 2.04. The summed E-state index contributed by atoms with van der Waals surface area (Å²) in [6.07, 6.45) is 1.59. The molecule has 1 N–H and O–H groups in total. The molecule has 5 heteroatoms. The van der Waals surface area contributed by atoms with Crippen molar-refractivity contribution in [1.82, 2.24) is 15.2 Å². The molecule has 0 aliphatic carbocycles. The number of carbonyl (C=O) groups is 1. The van der Waals surface area contributed by atoms with Crippen LogP contribution in [0.2, 0.25) is 0 Å². The first-order chi connectivity index (χ1) is 9.13. The minimum atomic E-state index is -0.272. The van der Waals surface area contributed by atoms with E-state index in [0.717, 1.165) is 5.56 Å². The molecule has 0 aromatic carbocycles. The van der Waals surface area contributed by atoms with Gasteiger partial charge in [-0.05, 0) is 26.8 Å². The monoisotopic (exact) mass is 260 g/mol. The number of nitriles is 1. The smallest absolute Gasteiger partial charge is 0.239 e. The van der Waals surface area contributed by atoms with Crippen molar-refractivity contribution >= 4 is 5.91 Å². The molecule has 102 valence electrons. The second kappa shape index (κ2) is 7.49. The highest BCUT2D eigenvalue weighted by atomic mass is 16.2. The topological polar surface area (TPSA) is 69.0 Å². The van der Waals surface area contributed by atoms with Gasteiger partial charge in [-0.1, -0.05) is 6.07 Å². The van der Waals surface area contributed by atoms with E-state index in [0.29, 0.717) is 25.3 Å². The highest BCUT2D eigenvalue weighted by Gasteiger charge is 2.17. The molecule has 1 atom stereocenters. The minimum absolute atomic E-state index is 0.0763. The summed E-state index contributed by atoms with van der Waals surface area (Å²) in [5.41, 5.74) is 1.21. The number of rotatable bonds is 6.